The van der Waals surface area contributed by atoms with Crippen LogP contribution >= 0.6 is 23.2 Å². The van der Waals surface area contributed by atoms with Gasteiger partial charge in [-0.25, -0.2) is 9.18 Å². The van der Waals surface area contributed by atoms with E-state index in [1.165, 1.54) is 18.2 Å². The number of carbonyl (C=O) groups excluding carboxylic acids is 1. The van der Waals surface area contributed by atoms with Crippen molar-refractivity contribution < 1.29 is 23.8 Å². The zero-order valence-electron chi connectivity index (χ0n) is 19.5. The number of hydrogen-bond donors (Lipinski definition) is 2. The Kier molecular flexibility index (Phi) is 8.43. The van der Waals surface area contributed by atoms with Crippen molar-refractivity contribution in [1.29, 1.82) is 0 Å². The van der Waals surface area contributed by atoms with Crippen LogP contribution in [0.3, 0.4) is 0 Å². The lowest BCUT2D eigenvalue weighted by atomic mass is 10.0. The van der Waals surface area contributed by atoms with Gasteiger partial charge in [0.1, 0.15) is 24.2 Å². The molecule has 5 nitrogen and oxygen atoms in total. The predicted molar refractivity (Wildman–Crippen MR) is 143 cm³/mol. The summed E-state index contributed by atoms with van der Waals surface area (Å²) in [7, 11) is 0. The van der Waals surface area contributed by atoms with Gasteiger partial charge in [-0.2, -0.15) is 0 Å². The van der Waals surface area contributed by atoms with Gasteiger partial charge in [0.25, 0.3) is 0 Å². The first kappa shape index (κ1) is 26.2. The van der Waals surface area contributed by atoms with Gasteiger partial charge < -0.3 is 15.2 Å². The molecule has 0 fully saturated rings. The Balaban J connectivity index is 1.41. The number of carbonyl (C=O) groups is 2. The molecule has 0 spiro atoms. The number of benzene rings is 4. The van der Waals surface area contributed by atoms with E-state index in [2.05, 4.69) is 5.32 Å². The van der Waals surface area contributed by atoms with Gasteiger partial charge in [-0.05, 0) is 58.3 Å². The van der Waals surface area contributed by atoms with Crippen molar-refractivity contribution in [1.82, 2.24) is 5.32 Å². The van der Waals surface area contributed by atoms with E-state index in [4.69, 9.17) is 27.9 Å². The second kappa shape index (κ2) is 11.9. The molecule has 1 amide bonds. The van der Waals surface area contributed by atoms with Gasteiger partial charge in [0, 0.05) is 28.1 Å². The number of aliphatic carboxylic acids is 1. The summed E-state index contributed by atoms with van der Waals surface area (Å²) in [5.41, 5.74) is 1.79. The largest absolute Gasteiger partial charge is 0.489 e. The highest BCUT2D eigenvalue weighted by atomic mass is 35.5. The van der Waals surface area contributed by atoms with Crippen molar-refractivity contribution in [3.63, 3.8) is 0 Å². The first-order valence-corrected chi connectivity index (χ1v) is 12.1. The fourth-order valence-electron chi connectivity index (χ4n) is 3.72. The Labute approximate surface area is 223 Å². The molecule has 0 saturated heterocycles. The Hall–Kier alpha value is -3.87. The summed E-state index contributed by atoms with van der Waals surface area (Å²) < 4.78 is 19.6. The highest BCUT2D eigenvalue weighted by Crippen LogP contribution is 2.24. The van der Waals surface area contributed by atoms with Gasteiger partial charge in [-0.15, -0.1) is 0 Å². The van der Waals surface area contributed by atoms with E-state index in [-0.39, 0.29) is 18.8 Å². The summed E-state index contributed by atoms with van der Waals surface area (Å²) in [6.45, 7) is 0.106. The molecule has 188 valence electrons. The van der Waals surface area contributed by atoms with E-state index >= 15 is 0 Å². The van der Waals surface area contributed by atoms with Crippen LogP contribution in [0, 0.1) is 5.82 Å². The maximum Gasteiger partial charge on any atom is 0.326 e. The standard InChI is InChI=1S/C29H22Cl2FNO4/c30-23-10-7-19(25(31)16-23)9-12-28(34)33-27(29(35)36)14-18-5-6-21-15-24(11-8-20(21)13-18)37-17-22-3-1-2-4-26(22)32/h1-13,15-16,27H,14,17H2,(H,33,34)(H,35,36)/b12-9+. The van der Waals surface area contributed by atoms with Crippen LogP contribution in [-0.2, 0) is 22.6 Å². The summed E-state index contributed by atoms with van der Waals surface area (Å²) in [4.78, 5) is 24.2. The zero-order valence-corrected chi connectivity index (χ0v) is 21.0. The molecule has 0 saturated carbocycles. The molecule has 8 heteroatoms. The number of carboxylic acid groups (broad SMARTS) is 1. The van der Waals surface area contributed by atoms with Crippen LogP contribution in [0.15, 0.2) is 84.9 Å². The highest BCUT2D eigenvalue weighted by Gasteiger charge is 2.19. The van der Waals surface area contributed by atoms with Crippen LogP contribution in [0.4, 0.5) is 4.39 Å². The van der Waals surface area contributed by atoms with Crippen molar-refractivity contribution in [2.75, 3.05) is 0 Å². The monoisotopic (exact) mass is 537 g/mol. The van der Waals surface area contributed by atoms with E-state index in [1.807, 2.05) is 24.3 Å². The lowest BCUT2D eigenvalue weighted by Gasteiger charge is -2.14. The second-order valence-corrected chi connectivity index (χ2v) is 9.17. The van der Waals surface area contributed by atoms with Crippen molar-refractivity contribution in [2.24, 2.45) is 0 Å². The SMILES string of the molecule is O=C(/C=C/c1ccc(Cl)cc1Cl)NC(Cc1ccc2cc(OCc3ccccc3F)ccc2c1)C(=O)O. The second-order valence-electron chi connectivity index (χ2n) is 8.33. The first-order valence-electron chi connectivity index (χ1n) is 11.3. The number of hydrogen-bond acceptors (Lipinski definition) is 3. The van der Waals surface area contributed by atoms with Gasteiger partial charge in [0.2, 0.25) is 5.91 Å². The fraction of sp³-hybridized carbons (Fsp3) is 0.103. The molecule has 4 aromatic rings. The maximum absolute atomic E-state index is 13.8. The molecule has 1 atom stereocenters. The topological polar surface area (TPSA) is 75.6 Å². The lowest BCUT2D eigenvalue weighted by Crippen LogP contribution is -2.41. The van der Waals surface area contributed by atoms with Gasteiger partial charge in [-0.1, -0.05) is 71.7 Å². The van der Waals surface area contributed by atoms with Crippen LogP contribution in [0.5, 0.6) is 5.75 Å². The average molecular weight is 538 g/mol. The summed E-state index contributed by atoms with van der Waals surface area (Å²) in [5, 5.41) is 14.8. The van der Waals surface area contributed by atoms with Crippen LogP contribution in [0.1, 0.15) is 16.7 Å². The summed E-state index contributed by atoms with van der Waals surface area (Å²) >= 11 is 12.0. The molecule has 0 radical (unpaired) electrons. The Morgan fingerprint density at radius 3 is 2.49 bits per heavy atom. The molecule has 0 bridgehead atoms. The molecule has 1 unspecified atom stereocenters. The fourth-order valence-corrected chi connectivity index (χ4v) is 4.20. The summed E-state index contributed by atoms with van der Waals surface area (Å²) in [5.74, 6) is -1.44. The van der Waals surface area contributed by atoms with Crippen LogP contribution in [0.25, 0.3) is 16.8 Å². The lowest BCUT2D eigenvalue weighted by molar-refractivity contribution is -0.141. The first-order chi connectivity index (χ1) is 17.8. The smallest absolute Gasteiger partial charge is 0.326 e. The third-order valence-electron chi connectivity index (χ3n) is 5.66. The van der Waals surface area contributed by atoms with Crippen molar-refractivity contribution >= 4 is 51.9 Å². The van der Waals surface area contributed by atoms with Crippen molar-refractivity contribution in [3.8, 4) is 5.75 Å². The molecule has 37 heavy (non-hydrogen) atoms. The van der Waals surface area contributed by atoms with Crippen LogP contribution in [-0.4, -0.2) is 23.0 Å². The number of fused-ring (bicyclic) bond motifs is 1. The zero-order chi connectivity index (χ0) is 26.4. The molecule has 2 N–H and O–H groups in total. The average Bonchev–Trinajstić information content (AvgIpc) is 2.87. The van der Waals surface area contributed by atoms with Crippen LogP contribution < -0.4 is 10.1 Å². The summed E-state index contributed by atoms with van der Waals surface area (Å²) in [6.07, 6.45) is 2.82. The van der Waals surface area contributed by atoms with E-state index in [0.717, 1.165) is 16.3 Å². The number of ether oxygens (including phenoxy) is 1. The minimum atomic E-state index is -1.15. The molecule has 0 aromatic heterocycles. The Morgan fingerprint density at radius 2 is 1.73 bits per heavy atom. The quantitative estimate of drug-likeness (QED) is 0.233. The maximum atomic E-state index is 13.8. The minimum absolute atomic E-state index is 0.0953. The third kappa shape index (κ3) is 7.09. The van der Waals surface area contributed by atoms with E-state index in [0.29, 0.717) is 26.9 Å². The van der Waals surface area contributed by atoms with Gasteiger partial charge >= 0.3 is 5.97 Å². The number of nitrogens with one attached hydrogen (secondary N) is 1. The molecular formula is C29H22Cl2FNO4. The highest BCUT2D eigenvalue weighted by molar-refractivity contribution is 6.35. The van der Waals surface area contributed by atoms with E-state index < -0.39 is 17.9 Å². The van der Waals surface area contributed by atoms with Crippen molar-refractivity contribution in [2.45, 2.75) is 19.1 Å². The third-order valence-corrected chi connectivity index (χ3v) is 6.22. The molecule has 0 aliphatic carbocycles. The van der Waals surface area contributed by atoms with Gasteiger partial charge in [-0.3, -0.25) is 4.79 Å². The van der Waals surface area contributed by atoms with Gasteiger partial charge in [0.15, 0.2) is 0 Å². The molecule has 4 aromatic carbocycles. The van der Waals surface area contributed by atoms with E-state index in [9.17, 15) is 19.1 Å². The normalized spacial score (nSPS) is 12.0. The predicted octanol–water partition coefficient (Wildman–Crippen LogP) is 6.69. The molecule has 0 heterocycles. The number of rotatable bonds is 9. The summed E-state index contributed by atoms with van der Waals surface area (Å²) in [6, 6.07) is 21.1. The molecular weight excluding hydrogens is 516 g/mol. The number of halogens is 3. The Bertz CT molecular complexity index is 1490. The number of amides is 1. The number of carboxylic acids is 1. The Morgan fingerprint density at radius 1 is 0.973 bits per heavy atom. The van der Waals surface area contributed by atoms with E-state index in [1.54, 1.807) is 48.5 Å². The molecule has 4 rings (SSSR count). The van der Waals surface area contributed by atoms with Crippen LogP contribution in [0.2, 0.25) is 10.0 Å². The minimum Gasteiger partial charge on any atom is -0.489 e. The van der Waals surface area contributed by atoms with Crippen molar-refractivity contribution in [3.05, 3.63) is 117 Å². The molecule has 0 aliphatic rings. The molecule has 0 aliphatic heterocycles. The van der Waals surface area contributed by atoms with Gasteiger partial charge in [0.05, 0.1) is 0 Å².